The summed E-state index contributed by atoms with van der Waals surface area (Å²) in [5.41, 5.74) is 3.01. The minimum atomic E-state index is 0.938. The van der Waals surface area contributed by atoms with Gasteiger partial charge in [-0.1, -0.05) is 12.2 Å². The van der Waals surface area contributed by atoms with Crippen molar-refractivity contribution < 1.29 is 0 Å². The Labute approximate surface area is 61.6 Å². The molecule has 3 nitrogen and oxygen atoms in total. The number of hydrazine groups is 2. The molecular formula is C7H13N3. The molecule has 0 saturated heterocycles. The third-order valence-corrected chi connectivity index (χ3v) is 1.51. The lowest BCUT2D eigenvalue weighted by atomic mass is 10.4. The molecule has 0 aliphatic carbocycles. The van der Waals surface area contributed by atoms with Crippen LogP contribution in [0.15, 0.2) is 24.4 Å². The van der Waals surface area contributed by atoms with Crippen molar-refractivity contribution in [2.24, 2.45) is 0 Å². The Kier molecular flexibility index (Phi) is 2.48. The molecule has 1 aliphatic heterocycles. The van der Waals surface area contributed by atoms with Gasteiger partial charge in [0.2, 0.25) is 0 Å². The normalized spacial score (nSPS) is 16.9. The van der Waals surface area contributed by atoms with E-state index < -0.39 is 0 Å². The molecular weight excluding hydrogens is 126 g/mol. The largest absolute Gasteiger partial charge is 0.296 e. The van der Waals surface area contributed by atoms with Gasteiger partial charge in [-0.15, -0.1) is 0 Å². The lowest BCUT2D eigenvalue weighted by Crippen LogP contribution is -2.44. The molecule has 0 aromatic carbocycles. The average molecular weight is 139 g/mol. The summed E-state index contributed by atoms with van der Waals surface area (Å²) in [5, 5.41) is 4.00. The standard InChI is InChI=1S/C7H13N3/c1-8-9(2)10-6-4-3-5-7-10/h3-6,8H,7H2,1-2H3. The Balaban J connectivity index is 2.42. The molecule has 1 rings (SSSR count). The molecule has 1 aliphatic rings. The summed E-state index contributed by atoms with van der Waals surface area (Å²) in [5.74, 6) is 0. The van der Waals surface area contributed by atoms with E-state index in [0.717, 1.165) is 6.54 Å². The van der Waals surface area contributed by atoms with Crippen LogP contribution in [0.5, 0.6) is 0 Å². The number of rotatable bonds is 2. The van der Waals surface area contributed by atoms with E-state index in [0.29, 0.717) is 0 Å². The van der Waals surface area contributed by atoms with E-state index in [2.05, 4.69) is 16.5 Å². The molecule has 56 valence electrons. The number of allylic oxidation sites excluding steroid dienone is 2. The molecule has 10 heavy (non-hydrogen) atoms. The van der Waals surface area contributed by atoms with Gasteiger partial charge in [-0.3, -0.25) is 5.01 Å². The highest BCUT2D eigenvalue weighted by molar-refractivity contribution is 5.07. The highest BCUT2D eigenvalue weighted by Gasteiger charge is 2.02. The minimum absolute atomic E-state index is 0.938. The van der Waals surface area contributed by atoms with Gasteiger partial charge in [0, 0.05) is 20.3 Å². The fourth-order valence-corrected chi connectivity index (χ4v) is 0.808. The molecule has 0 fully saturated rings. The summed E-state index contributed by atoms with van der Waals surface area (Å²) >= 11 is 0. The zero-order valence-electron chi connectivity index (χ0n) is 6.41. The summed E-state index contributed by atoms with van der Waals surface area (Å²) < 4.78 is 0. The topological polar surface area (TPSA) is 18.5 Å². The lowest BCUT2D eigenvalue weighted by Gasteiger charge is -2.29. The van der Waals surface area contributed by atoms with E-state index in [4.69, 9.17) is 0 Å². The molecule has 0 radical (unpaired) electrons. The van der Waals surface area contributed by atoms with Gasteiger partial charge in [0.15, 0.2) is 0 Å². The third kappa shape index (κ3) is 1.59. The first-order valence-corrected chi connectivity index (χ1v) is 3.35. The number of nitrogens with one attached hydrogen (secondary N) is 1. The first-order valence-electron chi connectivity index (χ1n) is 3.35. The lowest BCUT2D eigenvalue weighted by molar-refractivity contribution is 0.0165. The molecule has 0 amide bonds. The fraction of sp³-hybridized carbons (Fsp3) is 0.429. The Morgan fingerprint density at radius 1 is 1.50 bits per heavy atom. The molecule has 3 heteroatoms. The van der Waals surface area contributed by atoms with E-state index in [1.165, 1.54) is 0 Å². The van der Waals surface area contributed by atoms with Crippen molar-refractivity contribution in [3.63, 3.8) is 0 Å². The van der Waals surface area contributed by atoms with Crippen LogP contribution in [-0.2, 0) is 0 Å². The second kappa shape index (κ2) is 3.39. The predicted octanol–water partition coefficient (Wildman–Crippen LogP) is 0.353. The molecule has 0 unspecified atom stereocenters. The Morgan fingerprint density at radius 2 is 2.30 bits per heavy atom. The minimum Gasteiger partial charge on any atom is -0.296 e. The molecule has 0 bridgehead atoms. The van der Waals surface area contributed by atoms with Crippen molar-refractivity contribution in [3.8, 4) is 0 Å². The van der Waals surface area contributed by atoms with Crippen LogP contribution < -0.4 is 5.43 Å². The summed E-state index contributed by atoms with van der Waals surface area (Å²) in [6.45, 7) is 0.938. The SMILES string of the molecule is CNN(C)N1C=CC=CC1. The van der Waals surface area contributed by atoms with Crippen molar-refractivity contribution in [2.75, 3.05) is 20.6 Å². The van der Waals surface area contributed by atoms with Crippen LogP contribution in [0.4, 0.5) is 0 Å². The number of nitrogens with zero attached hydrogens (tertiary/aromatic N) is 2. The third-order valence-electron chi connectivity index (χ3n) is 1.51. The maximum absolute atomic E-state index is 3.01. The second-order valence-corrected chi connectivity index (χ2v) is 2.14. The highest BCUT2D eigenvalue weighted by atomic mass is 15.8. The van der Waals surface area contributed by atoms with Crippen LogP contribution in [0.25, 0.3) is 0 Å². The molecule has 0 aromatic heterocycles. The van der Waals surface area contributed by atoms with Gasteiger partial charge in [0.25, 0.3) is 0 Å². The van der Waals surface area contributed by atoms with Gasteiger partial charge in [0.05, 0.1) is 6.54 Å². The molecule has 1 N–H and O–H groups in total. The van der Waals surface area contributed by atoms with Crippen molar-refractivity contribution in [2.45, 2.75) is 0 Å². The molecule has 0 aromatic rings. The van der Waals surface area contributed by atoms with E-state index in [1.54, 1.807) is 0 Å². The summed E-state index contributed by atoms with van der Waals surface area (Å²) in [7, 11) is 3.87. The van der Waals surface area contributed by atoms with Gasteiger partial charge < -0.3 is 0 Å². The first-order chi connectivity index (χ1) is 4.84. The quantitative estimate of drug-likeness (QED) is 0.557. The number of hydrogen-bond donors (Lipinski definition) is 1. The summed E-state index contributed by atoms with van der Waals surface area (Å²) in [6, 6.07) is 0. The second-order valence-electron chi connectivity index (χ2n) is 2.14. The van der Waals surface area contributed by atoms with Crippen molar-refractivity contribution in [1.82, 2.24) is 15.6 Å². The number of hydrogen-bond acceptors (Lipinski definition) is 3. The van der Waals surface area contributed by atoms with Gasteiger partial charge in [-0.25, -0.2) is 5.43 Å². The van der Waals surface area contributed by atoms with Crippen molar-refractivity contribution in [3.05, 3.63) is 24.4 Å². The van der Waals surface area contributed by atoms with Crippen LogP contribution >= 0.6 is 0 Å². The Morgan fingerprint density at radius 3 is 2.80 bits per heavy atom. The predicted molar refractivity (Wildman–Crippen MR) is 41.8 cm³/mol. The van der Waals surface area contributed by atoms with Crippen molar-refractivity contribution >= 4 is 0 Å². The Bertz CT molecular complexity index is 151. The molecule has 0 saturated carbocycles. The van der Waals surface area contributed by atoms with Gasteiger partial charge in [-0.2, -0.15) is 5.12 Å². The van der Waals surface area contributed by atoms with E-state index >= 15 is 0 Å². The van der Waals surface area contributed by atoms with E-state index in [-0.39, 0.29) is 0 Å². The van der Waals surface area contributed by atoms with Crippen LogP contribution in [0, 0.1) is 0 Å². The molecule has 1 heterocycles. The van der Waals surface area contributed by atoms with Crippen molar-refractivity contribution in [1.29, 1.82) is 0 Å². The van der Waals surface area contributed by atoms with Gasteiger partial charge in [0.1, 0.15) is 0 Å². The maximum Gasteiger partial charge on any atom is 0.0537 e. The van der Waals surface area contributed by atoms with Crippen LogP contribution in [0.2, 0.25) is 0 Å². The van der Waals surface area contributed by atoms with Crippen LogP contribution in [-0.4, -0.2) is 30.8 Å². The van der Waals surface area contributed by atoms with Crippen LogP contribution in [0.3, 0.4) is 0 Å². The Hall–Kier alpha value is -0.800. The summed E-state index contributed by atoms with van der Waals surface area (Å²) in [6.07, 6.45) is 8.18. The monoisotopic (exact) mass is 139 g/mol. The smallest absolute Gasteiger partial charge is 0.0537 e. The average Bonchev–Trinajstić information content (AvgIpc) is 2.05. The highest BCUT2D eigenvalue weighted by Crippen LogP contribution is 1.98. The van der Waals surface area contributed by atoms with E-state index in [9.17, 15) is 0 Å². The van der Waals surface area contributed by atoms with Gasteiger partial charge in [-0.05, 0) is 6.08 Å². The zero-order chi connectivity index (χ0) is 7.40. The van der Waals surface area contributed by atoms with Crippen LogP contribution in [0.1, 0.15) is 0 Å². The molecule has 0 spiro atoms. The molecule has 0 atom stereocenters. The van der Waals surface area contributed by atoms with E-state index in [1.807, 2.05) is 37.6 Å². The summed E-state index contributed by atoms with van der Waals surface area (Å²) in [4.78, 5) is 0. The fourth-order valence-electron chi connectivity index (χ4n) is 0.808. The first kappa shape index (κ1) is 7.31. The van der Waals surface area contributed by atoms with Gasteiger partial charge >= 0.3 is 0 Å². The zero-order valence-corrected chi connectivity index (χ0v) is 6.41. The maximum atomic E-state index is 3.01.